The van der Waals surface area contributed by atoms with Gasteiger partial charge in [0.05, 0.1) is 13.2 Å². The van der Waals surface area contributed by atoms with Crippen LogP contribution >= 0.6 is 0 Å². The molecule has 0 atom stereocenters. The second-order valence-corrected chi connectivity index (χ2v) is 4.16. The zero-order valence-corrected chi connectivity index (χ0v) is 8.00. The van der Waals surface area contributed by atoms with Gasteiger partial charge in [0.15, 0.2) is 0 Å². The van der Waals surface area contributed by atoms with Gasteiger partial charge in [-0.1, -0.05) is 19.9 Å². The molecule has 0 fully saturated rings. The Labute approximate surface area is 78.2 Å². The smallest absolute Gasteiger partial charge is 0.123 e. The number of aliphatic hydroxyl groups excluding tert-OH is 1. The van der Waals surface area contributed by atoms with Crippen LogP contribution in [0.15, 0.2) is 18.2 Å². The Kier molecular flexibility index (Phi) is 1.81. The molecule has 1 aliphatic rings. The van der Waals surface area contributed by atoms with Gasteiger partial charge in [0.1, 0.15) is 5.75 Å². The minimum Gasteiger partial charge on any atom is -0.492 e. The summed E-state index contributed by atoms with van der Waals surface area (Å²) in [6, 6.07) is 5.87. The van der Waals surface area contributed by atoms with Crippen molar-refractivity contribution in [1.29, 1.82) is 0 Å². The van der Waals surface area contributed by atoms with Crippen LogP contribution in [0.4, 0.5) is 0 Å². The predicted octanol–water partition coefficient (Wildman–Crippen LogP) is 1.85. The molecule has 1 aromatic carbocycles. The first kappa shape index (κ1) is 8.57. The Morgan fingerprint density at radius 3 is 2.92 bits per heavy atom. The van der Waals surface area contributed by atoms with E-state index in [-0.39, 0.29) is 12.0 Å². The normalized spacial score (nSPS) is 18.1. The number of benzene rings is 1. The van der Waals surface area contributed by atoms with E-state index in [1.54, 1.807) is 0 Å². The number of fused-ring (bicyclic) bond motifs is 1. The molecule has 1 aliphatic heterocycles. The van der Waals surface area contributed by atoms with E-state index in [0.29, 0.717) is 0 Å². The lowest BCUT2D eigenvalue weighted by atomic mass is 9.86. The topological polar surface area (TPSA) is 29.5 Å². The fourth-order valence-corrected chi connectivity index (χ4v) is 1.67. The number of ether oxygens (including phenoxy) is 1. The van der Waals surface area contributed by atoms with Gasteiger partial charge in [-0.2, -0.15) is 0 Å². The Balaban J connectivity index is 2.50. The third-order valence-electron chi connectivity index (χ3n) is 2.54. The van der Waals surface area contributed by atoms with Crippen molar-refractivity contribution < 1.29 is 9.84 Å². The van der Waals surface area contributed by atoms with Crippen LogP contribution in [0.1, 0.15) is 25.0 Å². The minimum absolute atomic E-state index is 0.0838. The van der Waals surface area contributed by atoms with E-state index >= 15 is 0 Å². The van der Waals surface area contributed by atoms with Crippen LogP contribution in [0.25, 0.3) is 0 Å². The molecule has 0 spiro atoms. The maximum atomic E-state index is 9.00. The molecule has 2 nitrogen and oxygen atoms in total. The molecule has 0 saturated heterocycles. The lowest BCUT2D eigenvalue weighted by Gasteiger charge is -2.15. The van der Waals surface area contributed by atoms with Crippen molar-refractivity contribution in [1.82, 2.24) is 0 Å². The molecule has 0 saturated carbocycles. The summed E-state index contributed by atoms with van der Waals surface area (Å²) in [5, 5.41) is 9.00. The quantitative estimate of drug-likeness (QED) is 0.711. The van der Waals surface area contributed by atoms with Crippen molar-refractivity contribution >= 4 is 0 Å². The number of hydrogen-bond acceptors (Lipinski definition) is 2. The van der Waals surface area contributed by atoms with Crippen LogP contribution in [-0.2, 0) is 12.0 Å². The molecule has 2 heteroatoms. The molecule has 0 radical (unpaired) electrons. The van der Waals surface area contributed by atoms with Gasteiger partial charge in [-0.3, -0.25) is 0 Å². The fourth-order valence-electron chi connectivity index (χ4n) is 1.67. The van der Waals surface area contributed by atoms with Gasteiger partial charge in [0, 0.05) is 11.0 Å². The van der Waals surface area contributed by atoms with Gasteiger partial charge in [-0.25, -0.2) is 0 Å². The Morgan fingerprint density at radius 1 is 1.46 bits per heavy atom. The highest BCUT2D eigenvalue weighted by atomic mass is 16.5. The zero-order chi connectivity index (χ0) is 9.47. The molecule has 1 N–H and O–H groups in total. The Morgan fingerprint density at radius 2 is 2.23 bits per heavy atom. The van der Waals surface area contributed by atoms with Gasteiger partial charge in [0.25, 0.3) is 0 Å². The maximum absolute atomic E-state index is 9.00. The Bertz CT molecular complexity index is 329. The van der Waals surface area contributed by atoms with Crippen molar-refractivity contribution in [2.75, 3.05) is 6.61 Å². The van der Waals surface area contributed by atoms with Gasteiger partial charge in [0.2, 0.25) is 0 Å². The molecule has 1 heterocycles. The summed E-state index contributed by atoms with van der Waals surface area (Å²) in [5.74, 6) is 0.960. The third-order valence-corrected chi connectivity index (χ3v) is 2.54. The van der Waals surface area contributed by atoms with Crippen LogP contribution in [0.2, 0.25) is 0 Å². The van der Waals surface area contributed by atoms with Crippen molar-refractivity contribution in [3.63, 3.8) is 0 Å². The predicted molar refractivity (Wildman–Crippen MR) is 50.9 cm³/mol. The van der Waals surface area contributed by atoms with Crippen LogP contribution in [0, 0.1) is 0 Å². The molecule has 13 heavy (non-hydrogen) atoms. The number of rotatable bonds is 1. The fraction of sp³-hybridized carbons (Fsp3) is 0.455. The van der Waals surface area contributed by atoms with Gasteiger partial charge < -0.3 is 9.84 Å². The SMILES string of the molecule is CC1(C)COc2ccc(CO)cc21. The summed E-state index contributed by atoms with van der Waals surface area (Å²) in [4.78, 5) is 0. The maximum Gasteiger partial charge on any atom is 0.123 e. The summed E-state index contributed by atoms with van der Waals surface area (Å²) >= 11 is 0. The van der Waals surface area contributed by atoms with Crippen molar-refractivity contribution in [2.24, 2.45) is 0 Å². The summed E-state index contributed by atoms with van der Waals surface area (Å²) in [7, 11) is 0. The van der Waals surface area contributed by atoms with Crippen LogP contribution in [0.3, 0.4) is 0 Å². The van der Waals surface area contributed by atoms with E-state index in [2.05, 4.69) is 13.8 Å². The highest BCUT2D eigenvalue weighted by molar-refractivity contribution is 5.44. The molecular weight excluding hydrogens is 164 g/mol. The van der Waals surface area contributed by atoms with E-state index in [1.807, 2.05) is 18.2 Å². The summed E-state index contributed by atoms with van der Waals surface area (Å²) in [6.45, 7) is 5.14. The first-order chi connectivity index (χ1) is 6.13. The standard InChI is InChI=1S/C11H14O2/c1-11(2)7-13-10-4-3-8(6-12)5-9(10)11/h3-5,12H,6-7H2,1-2H3. The summed E-state index contributed by atoms with van der Waals surface area (Å²) < 4.78 is 5.53. The van der Waals surface area contributed by atoms with Crippen molar-refractivity contribution in [2.45, 2.75) is 25.9 Å². The van der Waals surface area contributed by atoms with Gasteiger partial charge >= 0.3 is 0 Å². The van der Waals surface area contributed by atoms with Crippen LogP contribution < -0.4 is 4.74 Å². The van der Waals surface area contributed by atoms with Gasteiger partial charge in [-0.15, -0.1) is 0 Å². The molecule has 0 unspecified atom stereocenters. The van der Waals surface area contributed by atoms with Crippen LogP contribution in [0.5, 0.6) is 5.75 Å². The molecule has 0 amide bonds. The molecule has 2 rings (SSSR count). The monoisotopic (exact) mass is 178 g/mol. The minimum atomic E-state index is 0.0838. The average molecular weight is 178 g/mol. The highest BCUT2D eigenvalue weighted by Gasteiger charge is 2.31. The molecule has 0 aromatic heterocycles. The first-order valence-corrected chi connectivity index (χ1v) is 4.50. The molecule has 70 valence electrons. The third kappa shape index (κ3) is 1.31. The van der Waals surface area contributed by atoms with Crippen LogP contribution in [-0.4, -0.2) is 11.7 Å². The molecule has 0 aliphatic carbocycles. The second kappa shape index (κ2) is 2.74. The largest absolute Gasteiger partial charge is 0.492 e. The van der Waals surface area contributed by atoms with E-state index in [9.17, 15) is 0 Å². The lowest BCUT2D eigenvalue weighted by Crippen LogP contribution is -2.18. The zero-order valence-electron chi connectivity index (χ0n) is 8.00. The lowest BCUT2D eigenvalue weighted by molar-refractivity contribution is 0.281. The van der Waals surface area contributed by atoms with Crippen molar-refractivity contribution in [3.8, 4) is 5.75 Å². The molecule has 0 bridgehead atoms. The Hall–Kier alpha value is -1.02. The van der Waals surface area contributed by atoms with E-state index in [4.69, 9.17) is 9.84 Å². The first-order valence-electron chi connectivity index (χ1n) is 4.50. The van der Waals surface area contributed by atoms with E-state index in [0.717, 1.165) is 17.9 Å². The summed E-state index contributed by atoms with van der Waals surface area (Å²) in [6.07, 6.45) is 0. The average Bonchev–Trinajstić information content (AvgIpc) is 2.42. The summed E-state index contributed by atoms with van der Waals surface area (Å²) in [5.41, 5.74) is 2.25. The van der Waals surface area contributed by atoms with Gasteiger partial charge in [-0.05, 0) is 17.7 Å². The highest BCUT2D eigenvalue weighted by Crippen LogP contribution is 2.38. The van der Waals surface area contributed by atoms with E-state index < -0.39 is 0 Å². The number of hydrogen-bond donors (Lipinski definition) is 1. The molecular formula is C11H14O2. The van der Waals surface area contributed by atoms with E-state index in [1.165, 1.54) is 5.56 Å². The molecule has 1 aromatic rings. The van der Waals surface area contributed by atoms with Crippen molar-refractivity contribution in [3.05, 3.63) is 29.3 Å². The number of aliphatic hydroxyl groups is 1. The second-order valence-electron chi connectivity index (χ2n) is 4.16.